The van der Waals surface area contributed by atoms with E-state index in [1.54, 1.807) is 12.3 Å². The molecule has 3 heterocycles. The Bertz CT molecular complexity index is 1600. The Balaban J connectivity index is 0.000000180. The minimum absolute atomic E-state index is 0.370. The lowest BCUT2D eigenvalue weighted by Crippen LogP contribution is -2.10. The number of fused-ring (bicyclic) bond motifs is 3. The fraction of sp³-hybridized carbons (Fsp3) is 0.0769. The maximum Gasteiger partial charge on any atom is 0.277 e. The van der Waals surface area contributed by atoms with Gasteiger partial charge in [0.15, 0.2) is 0 Å². The SMILES string of the molecule is Cc1cc2ccccc2s1.Cc1cccc2ccn(S(=O)(=O)c3cc4ccccc4s3)c12. The maximum absolute atomic E-state index is 13.0. The second-order valence-electron chi connectivity index (χ2n) is 7.63. The van der Waals surface area contributed by atoms with E-state index in [1.807, 2.05) is 66.8 Å². The number of nitrogens with zero attached hydrogens (tertiary/aromatic N) is 1. The summed E-state index contributed by atoms with van der Waals surface area (Å²) in [6.07, 6.45) is 1.64. The molecule has 3 nitrogen and oxygen atoms in total. The summed E-state index contributed by atoms with van der Waals surface area (Å²) in [7, 11) is -3.57. The van der Waals surface area contributed by atoms with Crippen molar-refractivity contribution >= 4 is 63.8 Å². The molecular weight excluding hydrogens is 454 g/mol. The lowest BCUT2D eigenvalue weighted by molar-refractivity contribution is 0.591. The van der Waals surface area contributed by atoms with Gasteiger partial charge in [-0.15, -0.1) is 22.7 Å². The third-order valence-electron chi connectivity index (χ3n) is 5.34. The summed E-state index contributed by atoms with van der Waals surface area (Å²) >= 11 is 3.16. The predicted molar refractivity (Wildman–Crippen MR) is 138 cm³/mol. The molecule has 0 amide bonds. The number of para-hydroxylation sites is 1. The van der Waals surface area contributed by atoms with Gasteiger partial charge in [0.25, 0.3) is 10.0 Å². The van der Waals surface area contributed by atoms with Crippen molar-refractivity contribution in [3.05, 3.63) is 102 Å². The van der Waals surface area contributed by atoms with Crippen LogP contribution in [0.4, 0.5) is 0 Å². The van der Waals surface area contributed by atoms with Crippen LogP contribution in [0.15, 0.2) is 95.3 Å². The van der Waals surface area contributed by atoms with Crippen LogP contribution < -0.4 is 0 Å². The van der Waals surface area contributed by atoms with Gasteiger partial charge in [-0.25, -0.2) is 3.97 Å². The summed E-state index contributed by atoms with van der Waals surface area (Å²) in [5, 5.41) is 3.26. The van der Waals surface area contributed by atoms with Crippen molar-refractivity contribution in [2.45, 2.75) is 18.1 Å². The smallest absolute Gasteiger partial charge is 0.240 e. The van der Waals surface area contributed by atoms with Crippen LogP contribution in [-0.2, 0) is 10.0 Å². The quantitative estimate of drug-likeness (QED) is 0.258. The highest BCUT2D eigenvalue weighted by molar-refractivity contribution is 7.92. The molecule has 0 saturated carbocycles. The van der Waals surface area contributed by atoms with Gasteiger partial charge in [0, 0.05) is 25.9 Å². The van der Waals surface area contributed by atoms with Gasteiger partial charge < -0.3 is 0 Å². The summed E-state index contributed by atoms with van der Waals surface area (Å²) in [4.78, 5) is 1.39. The van der Waals surface area contributed by atoms with E-state index in [0.29, 0.717) is 4.21 Å². The average Bonchev–Trinajstić information content (AvgIpc) is 3.50. The van der Waals surface area contributed by atoms with Gasteiger partial charge in [-0.2, -0.15) is 8.42 Å². The van der Waals surface area contributed by atoms with E-state index in [2.05, 4.69) is 37.3 Å². The largest absolute Gasteiger partial charge is 0.277 e. The zero-order valence-corrected chi connectivity index (χ0v) is 20.1. The van der Waals surface area contributed by atoms with Gasteiger partial charge in [-0.1, -0.05) is 54.6 Å². The third kappa shape index (κ3) is 3.75. The third-order valence-corrected chi connectivity index (χ3v) is 9.62. The highest BCUT2D eigenvalue weighted by Crippen LogP contribution is 2.32. The monoisotopic (exact) mass is 475 g/mol. The van der Waals surface area contributed by atoms with Crippen LogP contribution in [0.3, 0.4) is 0 Å². The van der Waals surface area contributed by atoms with E-state index in [9.17, 15) is 8.42 Å². The van der Waals surface area contributed by atoms with Crippen molar-refractivity contribution in [2.24, 2.45) is 0 Å². The molecule has 6 heteroatoms. The topological polar surface area (TPSA) is 39.1 Å². The minimum Gasteiger partial charge on any atom is -0.240 e. The fourth-order valence-corrected chi connectivity index (χ4v) is 7.67. The summed E-state index contributed by atoms with van der Waals surface area (Å²) in [6.45, 7) is 4.07. The predicted octanol–water partition coefficient (Wildman–Crippen LogP) is 7.61. The number of rotatable bonds is 2. The Morgan fingerprint density at radius 1 is 0.688 bits per heavy atom. The molecule has 0 bridgehead atoms. The first-order chi connectivity index (χ1) is 15.4. The molecule has 0 aliphatic heterocycles. The second-order valence-corrected chi connectivity index (χ2v) is 12.0. The molecule has 0 spiro atoms. The lowest BCUT2D eigenvalue weighted by atomic mass is 10.2. The number of hydrogen-bond acceptors (Lipinski definition) is 4. The van der Waals surface area contributed by atoms with Gasteiger partial charge in [0.05, 0.1) is 5.52 Å². The van der Waals surface area contributed by atoms with Crippen LogP contribution in [0, 0.1) is 13.8 Å². The normalized spacial score (nSPS) is 11.7. The van der Waals surface area contributed by atoms with E-state index in [4.69, 9.17) is 0 Å². The van der Waals surface area contributed by atoms with Crippen LogP contribution in [-0.4, -0.2) is 12.4 Å². The maximum atomic E-state index is 13.0. The Morgan fingerprint density at radius 2 is 1.31 bits per heavy atom. The average molecular weight is 476 g/mol. The van der Waals surface area contributed by atoms with Crippen LogP contribution in [0.1, 0.15) is 10.4 Å². The van der Waals surface area contributed by atoms with E-state index < -0.39 is 10.0 Å². The molecule has 3 aromatic heterocycles. The van der Waals surface area contributed by atoms with Crippen LogP contribution in [0.2, 0.25) is 0 Å². The van der Waals surface area contributed by atoms with E-state index in [-0.39, 0.29) is 0 Å². The molecule has 0 atom stereocenters. The molecule has 0 saturated heterocycles. The van der Waals surface area contributed by atoms with Crippen molar-refractivity contribution in [2.75, 3.05) is 0 Å². The van der Waals surface area contributed by atoms with E-state index in [1.165, 1.54) is 30.3 Å². The molecule has 0 aliphatic rings. The molecule has 0 radical (unpaired) electrons. The minimum atomic E-state index is -3.57. The highest BCUT2D eigenvalue weighted by Gasteiger charge is 2.22. The van der Waals surface area contributed by atoms with Crippen LogP contribution in [0.25, 0.3) is 31.1 Å². The van der Waals surface area contributed by atoms with Crippen LogP contribution >= 0.6 is 22.7 Å². The van der Waals surface area contributed by atoms with Gasteiger partial charge in [0.2, 0.25) is 0 Å². The Kier molecular flexibility index (Phi) is 5.37. The molecule has 0 unspecified atom stereocenters. The lowest BCUT2D eigenvalue weighted by Gasteiger charge is -2.07. The van der Waals surface area contributed by atoms with Crippen molar-refractivity contribution < 1.29 is 8.42 Å². The second kappa shape index (κ2) is 8.20. The molecule has 0 N–H and O–H groups in total. The zero-order valence-electron chi connectivity index (χ0n) is 17.6. The molecule has 6 aromatic rings. The molecule has 3 aromatic carbocycles. The van der Waals surface area contributed by atoms with E-state index >= 15 is 0 Å². The molecule has 0 aliphatic carbocycles. The van der Waals surface area contributed by atoms with Gasteiger partial charge in [-0.05, 0) is 60.5 Å². The summed E-state index contributed by atoms with van der Waals surface area (Å²) < 4.78 is 30.1. The Morgan fingerprint density at radius 3 is 2.00 bits per heavy atom. The highest BCUT2D eigenvalue weighted by atomic mass is 32.2. The molecule has 0 fully saturated rings. The first kappa shape index (κ1) is 20.9. The number of aromatic nitrogens is 1. The Hall–Kier alpha value is -2.93. The van der Waals surface area contributed by atoms with Crippen molar-refractivity contribution in [1.29, 1.82) is 0 Å². The van der Waals surface area contributed by atoms with Crippen LogP contribution in [0.5, 0.6) is 0 Å². The van der Waals surface area contributed by atoms with Gasteiger partial charge in [0.1, 0.15) is 4.21 Å². The molecular formula is C26H21NO2S3. The summed E-state index contributed by atoms with van der Waals surface area (Å²) in [6, 6.07) is 27.8. The number of thiophene rings is 2. The number of benzene rings is 3. The van der Waals surface area contributed by atoms with Gasteiger partial charge >= 0.3 is 0 Å². The van der Waals surface area contributed by atoms with Crippen molar-refractivity contribution in [1.82, 2.24) is 3.97 Å². The summed E-state index contributed by atoms with van der Waals surface area (Å²) in [5.41, 5.74) is 1.70. The van der Waals surface area contributed by atoms with Gasteiger partial charge in [-0.3, -0.25) is 0 Å². The number of aryl methyl sites for hydroxylation is 2. The molecule has 32 heavy (non-hydrogen) atoms. The summed E-state index contributed by atoms with van der Waals surface area (Å²) in [5.74, 6) is 0. The van der Waals surface area contributed by atoms with Crippen molar-refractivity contribution in [3.8, 4) is 0 Å². The first-order valence-corrected chi connectivity index (χ1v) is 13.3. The standard InChI is InChI=1S/C17H13NO2S2.C9H8S/c1-12-5-4-7-13-9-10-18(17(12)13)22(19,20)16-11-14-6-2-3-8-15(14)21-16;1-7-6-8-4-2-3-5-9(8)10-7/h2-11H,1H3;2-6H,1H3. The first-order valence-electron chi connectivity index (χ1n) is 10.2. The number of hydrogen-bond donors (Lipinski definition) is 0. The molecule has 6 rings (SSSR count). The zero-order chi connectivity index (χ0) is 22.3. The Labute approximate surface area is 195 Å². The van der Waals surface area contributed by atoms with E-state index in [0.717, 1.165) is 26.6 Å². The molecule has 160 valence electrons. The fourth-order valence-electron chi connectivity index (χ4n) is 3.84. The van der Waals surface area contributed by atoms with Crippen molar-refractivity contribution in [3.63, 3.8) is 0 Å².